The van der Waals surface area contributed by atoms with Crippen LogP contribution < -0.4 is 10.1 Å². The van der Waals surface area contributed by atoms with Crippen molar-refractivity contribution in [3.63, 3.8) is 0 Å². The zero-order chi connectivity index (χ0) is 20.8. The van der Waals surface area contributed by atoms with E-state index >= 15 is 0 Å². The van der Waals surface area contributed by atoms with Crippen molar-refractivity contribution in [3.05, 3.63) is 89.8 Å². The molecule has 0 saturated heterocycles. The van der Waals surface area contributed by atoms with Crippen molar-refractivity contribution in [1.29, 1.82) is 0 Å². The summed E-state index contributed by atoms with van der Waals surface area (Å²) in [7, 11) is 0. The first-order valence-electron chi connectivity index (χ1n) is 8.91. The van der Waals surface area contributed by atoms with Crippen LogP contribution in [0.15, 0.2) is 78.4 Å². The van der Waals surface area contributed by atoms with E-state index in [2.05, 4.69) is 19.9 Å². The highest BCUT2D eigenvalue weighted by molar-refractivity contribution is 7.03. The molecule has 0 spiro atoms. The van der Waals surface area contributed by atoms with Crippen molar-refractivity contribution >= 4 is 29.2 Å². The van der Waals surface area contributed by atoms with Crippen molar-refractivity contribution in [2.45, 2.75) is 0 Å². The summed E-state index contributed by atoms with van der Waals surface area (Å²) in [6.07, 6.45) is 5.98. The lowest BCUT2D eigenvalue weighted by atomic mass is 10.1. The zero-order valence-corrected chi connectivity index (χ0v) is 16.3. The van der Waals surface area contributed by atoms with Gasteiger partial charge in [0.15, 0.2) is 11.6 Å². The predicted molar refractivity (Wildman–Crippen MR) is 114 cm³/mol. The van der Waals surface area contributed by atoms with Crippen LogP contribution in [0.3, 0.4) is 0 Å². The maximum atomic E-state index is 14.3. The molecule has 0 aliphatic rings. The molecule has 0 fully saturated rings. The molecule has 8 heteroatoms. The average molecular weight is 418 g/mol. The predicted octanol–water partition coefficient (Wildman–Crippen LogP) is 5.18. The molecular formula is C22H15FN4O2S. The second-order valence-electron chi connectivity index (χ2n) is 6.17. The van der Waals surface area contributed by atoms with Gasteiger partial charge in [-0.1, -0.05) is 22.7 Å². The monoisotopic (exact) mass is 418 g/mol. The first kappa shape index (κ1) is 19.4. The molecule has 0 aliphatic heterocycles. The third-order valence-electron chi connectivity index (χ3n) is 4.05. The van der Waals surface area contributed by atoms with Crippen molar-refractivity contribution in [3.8, 4) is 22.8 Å². The summed E-state index contributed by atoms with van der Waals surface area (Å²) in [5, 5.41) is 8.61. The van der Waals surface area contributed by atoms with Crippen LogP contribution in [0.1, 0.15) is 5.56 Å². The number of anilines is 1. The molecule has 0 bridgehead atoms. The number of carbonyl (C=O) groups excluding carboxylic acids is 1. The van der Waals surface area contributed by atoms with Crippen LogP contribution in [0, 0.1) is 5.82 Å². The number of nitrogens with one attached hydrogen (secondary N) is 1. The Balaban J connectivity index is 1.37. The fraction of sp³-hybridized carbons (Fsp3) is 0. The summed E-state index contributed by atoms with van der Waals surface area (Å²) in [6.45, 7) is 0. The van der Waals surface area contributed by atoms with Gasteiger partial charge in [0.05, 0.1) is 6.20 Å². The normalized spacial score (nSPS) is 10.8. The number of carbonyl (C=O) groups is 1. The van der Waals surface area contributed by atoms with Gasteiger partial charge in [0.25, 0.3) is 0 Å². The maximum Gasteiger partial charge on any atom is 0.248 e. The maximum absolute atomic E-state index is 14.3. The Kier molecular flexibility index (Phi) is 5.86. The highest BCUT2D eigenvalue weighted by Gasteiger charge is 2.06. The minimum atomic E-state index is -0.534. The molecule has 2 aromatic heterocycles. The molecule has 1 N–H and O–H groups in total. The third-order valence-corrected chi connectivity index (χ3v) is 4.56. The number of benzene rings is 2. The summed E-state index contributed by atoms with van der Waals surface area (Å²) in [5.41, 5.74) is 2.88. The molecule has 1 amide bonds. The molecular weight excluding hydrogens is 403 g/mol. The molecule has 0 radical (unpaired) electrons. The summed E-state index contributed by atoms with van der Waals surface area (Å²) < 4.78 is 23.6. The molecule has 6 nitrogen and oxygen atoms in total. The molecule has 0 saturated carbocycles. The van der Waals surface area contributed by atoms with E-state index in [-0.39, 0.29) is 11.7 Å². The van der Waals surface area contributed by atoms with Gasteiger partial charge >= 0.3 is 0 Å². The van der Waals surface area contributed by atoms with Crippen molar-refractivity contribution < 1.29 is 13.9 Å². The van der Waals surface area contributed by atoms with Gasteiger partial charge in [0, 0.05) is 28.9 Å². The Hall–Kier alpha value is -3.91. The van der Waals surface area contributed by atoms with Crippen molar-refractivity contribution in [2.75, 3.05) is 5.32 Å². The van der Waals surface area contributed by atoms with Gasteiger partial charge in [0.2, 0.25) is 5.91 Å². The topological polar surface area (TPSA) is 77.0 Å². The van der Waals surface area contributed by atoms with E-state index in [4.69, 9.17) is 4.74 Å². The van der Waals surface area contributed by atoms with E-state index in [9.17, 15) is 9.18 Å². The number of pyridine rings is 1. The van der Waals surface area contributed by atoms with Gasteiger partial charge in [-0.15, -0.1) is 5.10 Å². The van der Waals surface area contributed by atoms with Crippen LogP contribution >= 0.6 is 11.5 Å². The van der Waals surface area contributed by atoms with Gasteiger partial charge in [0.1, 0.15) is 11.4 Å². The SMILES string of the molecule is O=C(/C=C/c1ccc(Oc2cccnc2)c(F)c1)Nc1ccc(-c2csnn2)cc1. The van der Waals surface area contributed by atoms with Gasteiger partial charge in [-0.05, 0) is 59.6 Å². The molecule has 148 valence electrons. The number of amides is 1. The largest absolute Gasteiger partial charge is 0.453 e. The summed E-state index contributed by atoms with van der Waals surface area (Å²) >= 11 is 1.28. The molecule has 0 unspecified atom stereocenters. The zero-order valence-electron chi connectivity index (χ0n) is 15.5. The number of hydrogen-bond acceptors (Lipinski definition) is 6. The number of hydrogen-bond donors (Lipinski definition) is 1. The van der Waals surface area contributed by atoms with Crippen molar-refractivity contribution in [2.24, 2.45) is 0 Å². The molecule has 0 aliphatic carbocycles. The summed E-state index contributed by atoms with van der Waals surface area (Å²) in [5.74, 6) is -0.334. The van der Waals surface area contributed by atoms with Gasteiger partial charge < -0.3 is 10.1 Å². The Morgan fingerprint density at radius 3 is 2.70 bits per heavy atom. The van der Waals surface area contributed by atoms with Crippen LogP contribution in [0.25, 0.3) is 17.3 Å². The molecule has 2 aromatic carbocycles. The fourth-order valence-corrected chi connectivity index (χ4v) is 3.07. The average Bonchev–Trinajstić information content (AvgIpc) is 3.30. The fourth-order valence-electron chi connectivity index (χ4n) is 2.61. The third kappa shape index (κ3) is 4.92. The molecule has 30 heavy (non-hydrogen) atoms. The van der Waals surface area contributed by atoms with Crippen LogP contribution in [-0.4, -0.2) is 20.5 Å². The van der Waals surface area contributed by atoms with Gasteiger partial charge in [-0.3, -0.25) is 9.78 Å². The van der Waals surface area contributed by atoms with E-state index in [0.717, 1.165) is 11.3 Å². The van der Waals surface area contributed by atoms with Gasteiger partial charge in [-0.2, -0.15) is 0 Å². The summed E-state index contributed by atoms with van der Waals surface area (Å²) in [4.78, 5) is 16.1. The second-order valence-corrected chi connectivity index (χ2v) is 6.78. The second kappa shape index (κ2) is 9.06. The molecule has 0 atom stereocenters. The van der Waals surface area contributed by atoms with E-state index < -0.39 is 5.82 Å². The van der Waals surface area contributed by atoms with Gasteiger partial charge in [-0.25, -0.2) is 4.39 Å². The number of aromatic nitrogens is 3. The Morgan fingerprint density at radius 1 is 1.13 bits per heavy atom. The lowest BCUT2D eigenvalue weighted by Crippen LogP contribution is -2.07. The number of nitrogens with zero attached hydrogens (tertiary/aromatic N) is 3. The highest BCUT2D eigenvalue weighted by Crippen LogP contribution is 2.25. The van der Waals surface area contributed by atoms with E-state index in [1.165, 1.54) is 42.0 Å². The molecule has 4 aromatic rings. The van der Waals surface area contributed by atoms with Crippen molar-refractivity contribution in [1.82, 2.24) is 14.6 Å². The number of rotatable bonds is 6. The summed E-state index contributed by atoms with van der Waals surface area (Å²) in [6, 6.07) is 15.1. The first-order chi connectivity index (χ1) is 14.7. The Bertz CT molecular complexity index is 1160. The van der Waals surface area contributed by atoms with Crippen LogP contribution in [0.2, 0.25) is 0 Å². The Morgan fingerprint density at radius 2 is 2.00 bits per heavy atom. The number of ether oxygens (including phenoxy) is 1. The lowest BCUT2D eigenvalue weighted by molar-refractivity contribution is -0.111. The highest BCUT2D eigenvalue weighted by atomic mass is 32.1. The van der Waals surface area contributed by atoms with Crippen LogP contribution in [-0.2, 0) is 4.79 Å². The van der Waals surface area contributed by atoms with Crippen LogP contribution in [0.4, 0.5) is 10.1 Å². The lowest BCUT2D eigenvalue weighted by Gasteiger charge is -2.06. The minimum Gasteiger partial charge on any atom is -0.453 e. The van der Waals surface area contributed by atoms with Crippen LogP contribution in [0.5, 0.6) is 11.5 Å². The molecule has 2 heterocycles. The Labute approximate surface area is 175 Å². The molecule has 4 rings (SSSR count). The van der Waals surface area contributed by atoms with E-state index in [1.54, 1.807) is 36.5 Å². The number of halogens is 1. The smallest absolute Gasteiger partial charge is 0.248 e. The first-order valence-corrected chi connectivity index (χ1v) is 9.75. The van der Waals surface area contributed by atoms with E-state index in [0.29, 0.717) is 17.0 Å². The van der Waals surface area contributed by atoms with E-state index in [1.807, 2.05) is 17.5 Å². The quantitative estimate of drug-likeness (QED) is 0.437. The minimum absolute atomic E-state index is 0.0833. The standard InChI is InChI=1S/C22H15FN4O2S/c23-19-12-15(3-9-21(19)29-18-2-1-11-24-13-18)4-10-22(28)25-17-7-5-16(6-8-17)20-14-30-27-26-20/h1-14H,(H,25,28)/b10-4+.